The molecule has 16 heavy (non-hydrogen) atoms. The van der Waals surface area contributed by atoms with Gasteiger partial charge < -0.3 is 5.32 Å². The maximum Gasteiger partial charge on any atom is 0.261 e. The van der Waals surface area contributed by atoms with Crippen LogP contribution in [0.5, 0.6) is 0 Å². The SMILES string of the molecule is CCc1ccsc1C(=O)NC(CC)CCBr. The largest absolute Gasteiger partial charge is 0.349 e. The van der Waals surface area contributed by atoms with Crippen LogP contribution in [0.15, 0.2) is 11.4 Å². The Hall–Kier alpha value is -0.350. The van der Waals surface area contributed by atoms with Crippen LogP contribution in [0.25, 0.3) is 0 Å². The van der Waals surface area contributed by atoms with Gasteiger partial charge in [-0.2, -0.15) is 0 Å². The highest BCUT2D eigenvalue weighted by Gasteiger charge is 2.15. The Morgan fingerprint density at radius 3 is 2.88 bits per heavy atom. The Balaban J connectivity index is 2.64. The van der Waals surface area contributed by atoms with Gasteiger partial charge in [0.15, 0.2) is 0 Å². The molecule has 0 aliphatic carbocycles. The molecule has 0 radical (unpaired) electrons. The van der Waals surface area contributed by atoms with E-state index in [-0.39, 0.29) is 11.9 Å². The summed E-state index contributed by atoms with van der Waals surface area (Å²) in [5.74, 6) is 0.0830. The van der Waals surface area contributed by atoms with Crippen LogP contribution in [-0.4, -0.2) is 17.3 Å². The number of carbonyl (C=O) groups is 1. The number of nitrogens with one attached hydrogen (secondary N) is 1. The average Bonchev–Trinajstić information content (AvgIpc) is 2.76. The lowest BCUT2D eigenvalue weighted by Gasteiger charge is -2.15. The molecule has 0 aliphatic heterocycles. The Morgan fingerprint density at radius 1 is 1.56 bits per heavy atom. The number of aryl methyl sites for hydroxylation is 1. The minimum Gasteiger partial charge on any atom is -0.349 e. The number of rotatable bonds is 6. The van der Waals surface area contributed by atoms with E-state index in [1.807, 2.05) is 11.4 Å². The maximum absolute atomic E-state index is 12.0. The molecule has 1 amide bonds. The van der Waals surface area contributed by atoms with Gasteiger partial charge in [0.05, 0.1) is 4.88 Å². The van der Waals surface area contributed by atoms with Gasteiger partial charge in [-0.05, 0) is 36.3 Å². The standard InChI is InChI=1S/C12H18BrNOS/c1-3-9-6-8-16-11(9)12(15)14-10(4-2)5-7-13/h6,8,10H,3-5,7H2,1-2H3,(H,14,15). The third-order valence-electron chi connectivity index (χ3n) is 2.62. The van der Waals surface area contributed by atoms with Gasteiger partial charge in [0.25, 0.3) is 5.91 Å². The molecule has 0 saturated heterocycles. The fraction of sp³-hybridized carbons (Fsp3) is 0.583. The number of halogens is 1. The van der Waals surface area contributed by atoms with Gasteiger partial charge in [-0.3, -0.25) is 4.79 Å². The normalized spacial score (nSPS) is 12.4. The molecule has 1 atom stereocenters. The van der Waals surface area contributed by atoms with Crippen LogP contribution >= 0.6 is 27.3 Å². The Labute approximate surface area is 110 Å². The van der Waals surface area contributed by atoms with Crippen molar-refractivity contribution in [1.82, 2.24) is 5.32 Å². The molecular formula is C12H18BrNOS. The summed E-state index contributed by atoms with van der Waals surface area (Å²) in [5, 5.41) is 6.00. The molecule has 1 rings (SSSR count). The van der Waals surface area contributed by atoms with E-state index < -0.39 is 0 Å². The van der Waals surface area contributed by atoms with Crippen LogP contribution in [0.1, 0.15) is 41.9 Å². The maximum atomic E-state index is 12.0. The summed E-state index contributed by atoms with van der Waals surface area (Å²) in [6, 6.07) is 2.31. The monoisotopic (exact) mass is 303 g/mol. The van der Waals surface area contributed by atoms with Crippen molar-refractivity contribution in [3.63, 3.8) is 0 Å². The molecule has 0 bridgehead atoms. The van der Waals surface area contributed by atoms with E-state index in [2.05, 4.69) is 35.1 Å². The Kier molecular flexibility index (Phi) is 6.06. The van der Waals surface area contributed by atoms with Crippen molar-refractivity contribution in [2.24, 2.45) is 0 Å². The smallest absolute Gasteiger partial charge is 0.261 e. The number of alkyl halides is 1. The number of hydrogen-bond acceptors (Lipinski definition) is 2. The third-order valence-corrected chi connectivity index (χ3v) is 4.03. The molecule has 0 aliphatic rings. The summed E-state index contributed by atoms with van der Waals surface area (Å²) in [5.41, 5.74) is 1.15. The third kappa shape index (κ3) is 3.59. The van der Waals surface area contributed by atoms with Crippen LogP contribution in [0, 0.1) is 0 Å². The van der Waals surface area contributed by atoms with Crippen molar-refractivity contribution >= 4 is 33.2 Å². The number of carbonyl (C=O) groups excluding carboxylic acids is 1. The van der Waals surface area contributed by atoms with Gasteiger partial charge in [0.2, 0.25) is 0 Å². The van der Waals surface area contributed by atoms with E-state index in [4.69, 9.17) is 0 Å². The van der Waals surface area contributed by atoms with E-state index in [0.29, 0.717) is 0 Å². The molecule has 0 saturated carbocycles. The highest BCUT2D eigenvalue weighted by molar-refractivity contribution is 9.09. The molecule has 4 heteroatoms. The van der Waals surface area contributed by atoms with E-state index in [9.17, 15) is 4.79 Å². The van der Waals surface area contributed by atoms with E-state index >= 15 is 0 Å². The Morgan fingerprint density at radius 2 is 2.31 bits per heavy atom. The second-order valence-electron chi connectivity index (χ2n) is 3.68. The van der Waals surface area contributed by atoms with Gasteiger partial charge in [-0.15, -0.1) is 11.3 Å². The van der Waals surface area contributed by atoms with Crippen molar-refractivity contribution in [2.75, 3.05) is 5.33 Å². The van der Waals surface area contributed by atoms with E-state index in [0.717, 1.165) is 35.0 Å². The molecule has 0 fully saturated rings. The molecule has 1 aromatic heterocycles. The van der Waals surface area contributed by atoms with Crippen molar-refractivity contribution in [3.8, 4) is 0 Å². The molecule has 2 nitrogen and oxygen atoms in total. The topological polar surface area (TPSA) is 29.1 Å². The minimum atomic E-state index is 0.0830. The van der Waals surface area contributed by atoms with Gasteiger partial charge in [0.1, 0.15) is 0 Å². The highest BCUT2D eigenvalue weighted by atomic mass is 79.9. The molecule has 1 N–H and O–H groups in total. The average molecular weight is 304 g/mol. The molecule has 1 unspecified atom stereocenters. The van der Waals surface area contributed by atoms with E-state index in [1.165, 1.54) is 11.3 Å². The Bertz CT molecular complexity index is 338. The zero-order valence-corrected chi connectivity index (χ0v) is 12.2. The van der Waals surface area contributed by atoms with Crippen LogP contribution < -0.4 is 5.32 Å². The van der Waals surface area contributed by atoms with Crippen molar-refractivity contribution in [3.05, 3.63) is 21.9 Å². The van der Waals surface area contributed by atoms with Crippen LogP contribution in [-0.2, 0) is 6.42 Å². The second kappa shape index (κ2) is 7.07. The summed E-state index contributed by atoms with van der Waals surface area (Å²) in [6.45, 7) is 4.18. The van der Waals surface area contributed by atoms with Gasteiger partial charge >= 0.3 is 0 Å². The lowest BCUT2D eigenvalue weighted by Crippen LogP contribution is -2.34. The first kappa shape index (κ1) is 13.7. The minimum absolute atomic E-state index is 0.0830. The van der Waals surface area contributed by atoms with Gasteiger partial charge in [-0.25, -0.2) is 0 Å². The predicted molar refractivity (Wildman–Crippen MR) is 73.7 cm³/mol. The van der Waals surface area contributed by atoms with Gasteiger partial charge in [-0.1, -0.05) is 29.8 Å². The lowest BCUT2D eigenvalue weighted by atomic mass is 10.1. The summed E-state index contributed by atoms with van der Waals surface area (Å²) in [4.78, 5) is 12.9. The van der Waals surface area contributed by atoms with Crippen molar-refractivity contribution in [2.45, 2.75) is 39.2 Å². The highest BCUT2D eigenvalue weighted by Crippen LogP contribution is 2.17. The van der Waals surface area contributed by atoms with Crippen LogP contribution in [0.3, 0.4) is 0 Å². The number of amides is 1. The van der Waals surface area contributed by atoms with Crippen LogP contribution in [0.4, 0.5) is 0 Å². The number of hydrogen-bond donors (Lipinski definition) is 1. The van der Waals surface area contributed by atoms with E-state index in [1.54, 1.807) is 0 Å². The van der Waals surface area contributed by atoms with Gasteiger partial charge in [0, 0.05) is 11.4 Å². The number of thiophene rings is 1. The lowest BCUT2D eigenvalue weighted by molar-refractivity contribution is 0.0938. The van der Waals surface area contributed by atoms with Crippen molar-refractivity contribution < 1.29 is 4.79 Å². The first-order valence-electron chi connectivity index (χ1n) is 5.66. The first-order valence-corrected chi connectivity index (χ1v) is 7.66. The quantitative estimate of drug-likeness (QED) is 0.799. The summed E-state index contributed by atoms with van der Waals surface area (Å²) >= 11 is 4.94. The molecule has 90 valence electrons. The molecular weight excluding hydrogens is 286 g/mol. The zero-order chi connectivity index (χ0) is 12.0. The first-order chi connectivity index (χ1) is 7.72. The predicted octanol–water partition coefficient (Wildman–Crippen LogP) is 3.60. The fourth-order valence-corrected chi connectivity index (χ4v) is 3.03. The molecule has 1 aromatic rings. The van der Waals surface area contributed by atoms with Crippen molar-refractivity contribution in [1.29, 1.82) is 0 Å². The zero-order valence-electron chi connectivity index (χ0n) is 9.75. The summed E-state index contributed by atoms with van der Waals surface area (Å²) in [6.07, 6.45) is 2.88. The summed E-state index contributed by atoms with van der Waals surface area (Å²) in [7, 11) is 0. The molecule has 1 heterocycles. The molecule has 0 spiro atoms. The van der Waals surface area contributed by atoms with Crippen LogP contribution in [0.2, 0.25) is 0 Å². The molecule has 0 aromatic carbocycles. The fourth-order valence-electron chi connectivity index (χ4n) is 1.57. The summed E-state index contributed by atoms with van der Waals surface area (Å²) < 4.78 is 0. The second-order valence-corrected chi connectivity index (χ2v) is 5.39.